The van der Waals surface area contributed by atoms with E-state index < -0.39 is 28.5 Å². The molecule has 1 aliphatic carbocycles. The van der Waals surface area contributed by atoms with Gasteiger partial charge >= 0.3 is 0 Å². The number of carbonyl (C=O) groups excluding carboxylic acids is 2. The molecule has 202 valence electrons. The molecule has 10 heteroatoms. The number of nitrogens with zero attached hydrogens (tertiary/aromatic N) is 2. The highest BCUT2D eigenvalue weighted by Gasteiger charge is 2.31. The fraction of sp³-hybridized carbons (Fsp3) is 0.481. The van der Waals surface area contributed by atoms with Gasteiger partial charge < -0.3 is 15.0 Å². The van der Waals surface area contributed by atoms with E-state index in [4.69, 9.17) is 16.3 Å². The predicted molar refractivity (Wildman–Crippen MR) is 146 cm³/mol. The van der Waals surface area contributed by atoms with Crippen LogP contribution < -0.4 is 14.4 Å². The Morgan fingerprint density at radius 3 is 2.46 bits per heavy atom. The Hall–Kier alpha value is -2.78. The Balaban J connectivity index is 1.89. The Morgan fingerprint density at radius 2 is 1.84 bits per heavy atom. The molecule has 2 aromatic rings. The van der Waals surface area contributed by atoms with Gasteiger partial charge in [-0.1, -0.05) is 49.1 Å². The molecule has 37 heavy (non-hydrogen) atoms. The van der Waals surface area contributed by atoms with Crippen LogP contribution in [0.25, 0.3) is 0 Å². The zero-order chi connectivity index (χ0) is 27.2. The molecule has 0 aliphatic heterocycles. The van der Waals surface area contributed by atoms with Crippen LogP contribution in [0.3, 0.4) is 0 Å². The SMILES string of the molecule is COc1cccc(CN(C(=O)CN(c2ccc(C)c(Cl)c2)S(C)(=O)=O)[C@H](C)C(=O)NC2CCCCC2)c1. The third-order valence-electron chi connectivity index (χ3n) is 6.73. The fourth-order valence-corrected chi connectivity index (χ4v) is 5.49. The maximum absolute atomic E-state index is 13.7. The summed E-state index contributed by atoms with van der Waals surface area (Å²) in [6, 6.07) is 11.3. The van der Waals surface area contributed by atoms with Gasteiger partial charge in [-0.3, -0.25) is 13.9 Å². The zero-order valence-corrected chi connectivity index (χ0v) is 23.4. The summed E-state index contributed by atoms with van der Waals surface area (Å²) in [5, 5.41) is 3.48. The van der Waals surface area contributed by atoms with Gasteiger partial charge in [0, 0.05) is 17.6 Å². The average molecular weight is 550 g/mol. The predicted octanol–water partition coefficient (Wildman–Crippen LogP) is 4.29. The maximum atomic E-state index is 13.7. The first-order chi connectivity index (χ1) is 17.5. The molecule has 0 radical (unpaired) electrons. The number of nitrogens with one attached hydrogen (secondary N) is 1. The Bertz CT molecular complexity index is 1210. The van der Waals surface area contributed by atoms with Gasteiger partial charge in [-0.25, -0.2) is 8.42 Å². The fourth-order valence-electron chi connectivity index (χ4n) is 4.47. The smallest absolute Gasteiger partial charge is 0.244 e. The van der Waals surface area contributed by atoms with Crippen LogP contribution in [0.5, 0.6) is 5.75 Å². The van der Waals surface area contributed by atoms with Crippen LogP contribution in [0.1, 0.15) is 50.2 Å². The van der Waals surface area contributed by atoms with Crippen molar-refractivity contribution in [2.45, 2.75) is 64.6 Å². The zero-order valence-electron chi connectivity index (χ0n) is 21.9. The molecule has 0 unspecified atom stereocenters. The number of ether oxygens (including phenoxy) is 1. The number of aryl methyl sites for hydroxylation is 1. The van der Waals surface area contributed by atoms with Gasteiger partial charge in [0.15, 0.2) is 0 Å². The second-order valence-electron chi connectivity index (χ2n) is 9.60. The van der Waals surface area contributed by atoms with Gasteiger partial charge in [0.25, 0.3) is 0 Å². The van der Waals surface area contributed by atoms with Crippen molar-refractivity contribution in [1.82, 2.24) is 10.2 Å². The number of benzene rings is 2. The van der Waals surface area contributed by atoms with E-state index in [-0.39, 0.29) is 24.2 Å². The molecule has 1 aliphatic rings. The summed E-state index contributed by atoms with van der Waals surface area (Å²) in [4.78, 5) is 28.3. The van der Waals surface area contributed by atoms with Crippen molar-refractivity contribution >= 4 is 39.1 Å². The van der Waals surface area contributed by atoms with Gasteiger partial charge in [0.05, 0.1) is 19.1 Å². The summed E-state index contributed by atoms with van der Waals surface area (Å²) in [6.07, 6.45) is 6.16. The van der Waals surface area contributed by atoms with Gasteiger partial charge in [-0.15, -0.1) is 0 Å². The van der Waals surface area contributed by atoms with Crippen LogP contribution >= 0.6 is 11.6 Å². The van der Waals surface area contributed by atoms with E-state index in [9.17, 15) is 18.0 Å². The summed E-state index contributed by atoms with van der Waals surface area (Å²) < 4.78 is 31.8. The molecule has 2 amide bonds. The highest BCUT2D eigenvalue weighted by atomic mass is 35.5. The minimum Gasteiger partial charge on any atom is -0.497 e. The quantitative estimate of drug-likeness (QED) is 0.477. The molecule has 0 bridgehead atoms. The molecule has 1 fully saturated rings. The number of sulfonamides is 1. The molecule has 0 heterocycles. The first-order valence-corrected chi connectivity index (χ1v) is 14.7. The highest BCUT2D eigenvalue weighted by Crippen LogP contribution is 2.26. The number of halogens is 1. The van der Waals surface area contributed by atoms with E-state index in [2.05, 4.69) is 5.32 Å². The number of hydrogen-bond donors (Lipinski definition) is 1. The molecule has 1 N–H and O–H groups in total. The summed E-state index contributed by atoms with van der Waals surface area (Å²) in [7, 11) is -2.27. The lowest BCUT2D eigenvalue weighted by molar-refractivity contribution is -0.139. The summed E-state index contributed by atoms with van der Waals surface area (Å²) in [6.45, 7) is 3.12. The molecule has 1 atom stereocenters. The third kappa shape index (κ3) is 7.85. The van der Waals surface area contributed by atoms with E-state index in [1.165, 1.54) is 11.0 Å². The van der Waals surface area contributed by atoms with Crippen LogP contribution in [-0.2, 0) is 26.2 Å². The Kier molecular flexibility index (Phi) is 9.84. The number of rotatable bonds is 10. The van der Waals surface area contributed by atoms with Crippen LogP contribution in [0.4, 0.5) is 5.69 Å². The third-order valence-corrected chi connectivity index (χ3v) is 8.28. The highest BCUT2D eigenvalue weighted by molar-refractivity contribution is 7.92. The number of hydrogen-bond acceptors (Lipinski definition) is 5. The first kappa shape index (κ1) is 28.8. The minimum absolute atomic E-state index is 0.0830. The molecule has 0 spiro atoms. The van der Waals surface area contributed by atoms with Crippen LogP contribution in [-0.4, -0.2) is 57.1 Å². The van der Waals surface area contributed by atoms with Crippen LogP contribution in [0.15, 0.2) is 42.5 Å². The van der Waals surface area contributed by atoms with Crippen molar-refractivity contribution in [3.05, 3.63) is 58.6 Å². The van der Waals surface area contributed by atoms with Crippen molar-refractivity contribution in [2.75, 3.05) is 24.2 Å². The molecule has 2 aromatic carbocycles. The number of carbonyl (C=O) groups is 2. The maximum Gasteiger partial charge on any atom is 0.244 e. The first-order valence-electron chi connectivity index (χ1n) is 12.5. The lowest BCUT2D eigenvalue weighted by atomic mass is 9.95. The molecule has 1 saturated carbocycles. The molecular weight excluding hydrogens is 514 g/mol. The Morgan fingerprint density at radius 1 is 1.14 bits per heavy atom. The van der Waals surface area contributed by atoms with Crippen molar-refractivity contribution in [3.8, 4) is 5.75 Å². The van der Waals surface area contributed by atoms with Gasteiger partial charge in [-0.05, 0) is 62.1 Å². The average Bonchev–Trinajstić information content (AvgIpc) is 2.87. The topological polar surface area (TPSA) is 96.0 Å². The standard InChI is InChI=1S/C27H36ClN3O5S/c1-19-13-14-23(16-25(19)28)31(37(4,34)35)18-26(32)30(17-21-9-8-12-24(15-21)36-3)20(2)27(33)29-22-10-6-5-7-11-22/h8-9,12-16,20,22H,5-7,10-11,17-18H2,1-4H3,(H,29,33)/t20-/m1/s1. The minimum atomic E-state index is -3.82. The molecule has 0 saturated heterocycles. The van der Waals surface area contributed by atoms with E-state index in [1.807, 2.05) is 13.0 Å². The number of anilines is 1. The van der Waals surface area contributed by atoms with Gasteiger partial charge in [0.1, 0.15) is 18.3 Å². The van der Waals surface area contributed by atoms with Crippen molar-refractivity contribution < 1.29 is 22.7 Å². The summed E-state index contributed by atoms with van der Waals surface area (Å²) in [5.41, 5.74) is 1.83. The largest absolute Gasteiger partial charge is 0.497 e. The second-order valence-corrected chi connectivity index (χ2v) is 11.9. The van der Waals surface area contributed by atoms with E-state index >= 15 is 0 Å². The molecule has 3 rings (SSSR count). The van der Waals surface area contributed by atoms with Crippen molar-refractivity contribution in [1.29, 1.82) is 0 Å². The molecule has 0 aromatic heterocycles. The van der Waals surface area contributed by atoms with Gasteiger partial charge in [0.2, 0.25) is 21.8 Å². The number of methoxy groups -OCH3 is 1. The van der Waals surface area contributed by atoms with Crippen LogP contribution in [0, 0.1) is 6.92 Å². The summed E-state index contributed by atoms with van der Waals surface area (Å²) >= 11 is 6.25. The van der Waals surface area contributed by atoms with E-state index in [1.54, 1.807) is 44.4 Å². The van der Waals surface area contributed by atoms with Crippen molar-refractivity contribution in [3.63, 3.8) is 0 Å². The lowest BCUT2D eigenvalue weighted by Crippen LogP contribution is -2.52. The molecular formula is C27H36ClN3O5S. The monoisotopic (exact) mass is 549 g/mol. The normalized spacial score (nSPS) is 15.1. The Labute approximate surface area is 225 Å². The summed E-state index contributed by atoms with van der Waals surface area (Å²) in [5.74, 6) is -0.139. The van der Waals surface area contributed by atoms with E-state index in [0.717, 1.165) is 53.8 Å². The lowest BCUT2D eigenvalue weighted by Gasteiger charge is -2.33. The van der Waals surface area contributed by atoms with Gasteiger partial charge in [-0.2, -0.15) is 0 Å². The van der Waals surface area contributed by atoms with E-state index in [0.29, 0.717) is 10.8 Å². The second kappa shape index (κ2) is 12.6. The van der Waals surface area contributed by atoms with Crippen LogP contribution in [0.2, 0.25) is 5.02 Å². The van der Waals surface area contributed by atoms with Crippen molar-refractivity contribution in [2.24, 2.45) is 0 Å². The molecule has 8 nitrogen and oxygen atoms in total. The number of amides is 2.